The number of aromatic nitrogens is 5. The van der Waals surface area contributed by atoms with E-state index in [-0.39, 0.29) is 23.4 Å². The summed E-state index contributed by atoms with van der Waals surface area (Å²) in [5.41, 5.74) is 3.14. The van der Waals surface area contributed by atoms with Crippen LogP contribution in [0.1, 0.15) is 68.1 Å². The third-order valence-electron chi connectivity index (χ3n) is 7.29. The molecular formula is C27H36N8O2. The van der Waals surface area contributed by atoms with E-state index in [0.29, 0.717) is 49.2 Å². The summed E-state index contributed by atoms with van der Waals surface area (Å²) in [6.45, 7) is 12.8. The second-order valence-electron chi connectivity index (χ2n) is 11.2. The Labute approximate surface area is 218 Å². The Morgan fingerprint density at radius 1 is 1.22 bits per heavy atom. The van der Waals surface area contributed by atoms with Gasteiger partial charge in [-0.25, -0.2) is 9.97 Å². The monoisotopic (exact) mass is 504 g/mol. The van der Waals surface area contributed by atoms with Gasteiger partial charge < -0.3 is 19.5 Å². The summed E-state index contributed by atoms with van der Waals surface area (Å²) >= 11 is 0. The lowest BCUT2D eigenvalue weighted by Crippen LogP contribution is -2.34. The lowest BCUT2D eigenvalue weighted by Gasteiger charge is -2.35. The van der Waals surface area contributed by atoms with Gasteiger partial charge in [-0.1, -0.05) is 26.8 Å². The van der Waals surface area contributed by atoms with Gasteiger partial charge in [-0.2, -0.15) is 0 Å². The number of hydrogen-bond donors (Lipinski definition) is 1. The molecule has 0 aliphatic carbocycles. The van der Waals surface area contributed by atoms with Crippen LogP contribution >= 0.6 is 0 Å². The number of fused-ring (bicyclic) bond motifs is 2. The highest BCUT2D eigenvalue weighted by Gasteiger charge is 2.36. The molecule has 0 saturated heterocycles. The van der Waals surface area contributed by atoms with Crippen LogP contribution in [-0.4, -0.2) is 57.4 Å². The first-order valence-electron chi connectivity index (χ1n) is 12.8. The summed E-state index contributed by atoms with van der Waals surface area (Å²) < 4.78 is 7.95. The number of hydrogen-bond acceptors (Lipinski definition) is 8. The van der Waals surface area contributed by atoms with Crippen molar-refractivity contribution < 1.29 is 9.53 Å². The van der Waals surface area contributed by atoms with Gasteiger partial charge in [0, 0.05) is 25.2 Å². The fraction of sp³-hybridized carbons (Fsp3) is 0.519. The number of pyridine rings is 2. The molecule has 0 aromatic carbocycles. The Bertz CT molecular complexity index is 1330. The maximum absolute atomic E-state index is 13.7. The Hall–Kier alpha value is -3.37. The van der Waals surface area contributed by atoms with Crippen molar-refractivity contribution in [2.24, 2.45) is 5.41 Å². The Kier molecular flexibility index (Phi) is 6.49. The number of amides is 1. The van der Waals surface area contributed by atoms with Gasteiger partial charge >= 0.3 is 0 Å². The molecule has 10 heteroatoms. The van der Waals surface area contributed by atoms with E-state index in [9.17, 15) is 4.79 Å². The van der Waals surface area contributed by atoms with E-state index in [2.05, 4.69) is 59.6 Å². The maximum atomic E-state index is 13.7. The fourth-order valence-electron chi connectivity index (χ4n) is 4.89. The minimum absolute atomic E-state index is 0.0476. The zero-order valence-corrected chi connectivity index (χ0v) is 22.7. The third kappa shape index (κ3) is 4.48. The largest absolute Gasteiger partial charge is 0.371 e. The topological polar surface area (TPSA) is 101 Å². The second-order valence-corrected chi connectivity index (χ2v) is 11.2. The van der Waals surface area contributed by atoms with E-state index in [4.69, 9.17) is 14.7 Å². The molecule has 3 aromatic rings. The van der Waals surface area contributed by atoms with Gasteiger partial charge in [0.1, 0.15) is 23.9 Å². The first kappa shape index (κ1) is 25.3. The summed E-state index contributed by atoms with van der Waals surface area (Å²) in [5.74, 6) is 2.80. The van der Waals surface area contributed by atoms with Crippen LogP contribution in [0.25, 0.3) is 11.5 Å². The smallest absolute Gasteiger partial charge is 0.260 e. The average Bonchev–Trinajstić information content (AvgIpc) is 3.44. The van der Waals surface area contributed by atoms with Crippen LogP contribution in [-0.2, 0) is 24.4 Å². The van der Waals surface area contributed by atoms with Crippen molar-refractivity contribution in [3.05, 3.63) is 46.9 Å². The molecule has 0 radical (unpaired) electrons. The third-order valence-corrected chi connectivity index (χ3v) is 7.29. The van der Waals surface area contributed by atoms with Crippen LogP contribution in [0, 0.1) is 5.41 Å². The number of rotatable bonds is 6. The summed E-state index contributed by atoms with van der Waals surface area (Å²) in [7, 11) is 3.89. The molecule has 1 N–H and O–H groups in total. The van der Waals surface area contributed by atoms with Gasteiger partial charge in [-0.15, -0.1) is 10.2 Å². The van der Waals surface area contributed by atoms with Crippen LogP contribution in [0.3, 0.4) is 0 Å². The van der Waals surface area contributed by atoms with E-state index in [1.165, 1.54) is 0 Å². The van der Waals surface area contributed by atoms with Crippen LogP contribution in [0.4, 0.5) is 11.6 Å². The maximum Gasteiger partial charge on any atom is 0.260 e. The Morgan fingerprint density at radius 2 is 2.00 bits per heavy atom. The molecule has 5 heterocycles. The number of nitrogens with zero attached hydrogens (tertiary/aromatic N) is 7. The summed E-state index contributed by atoms with van der Waals surface area (Å²) in [4.78, 5) is 27.3. The van der Waals surface area contributed by atoms with Gasteiger partial charge in [0.15, 0.2) is 11.6 Å². The molecule has 2 aliphatic heterocycles. The van der Waals surface area contributed by atoms with Gasteiger partial charge in [0.25, 0.3) is 5.91 Å². The van der Waals surface area contributed by atoms with Crippen LogP contribution < -0.4 is 15.1 Å². The second kappa shape index (κ2) is 9.50. The van der Waals surface area contributed by atoms with E-state index in [1.807, 2.05) is 38.4 Å². The minimum Gasteiger partial charge on any atom is -0.371 e. The highest BCUT2D eigenvalue weighted by atomic mass is 16.5. The molecule has 5 rings (SSSR count). The van der Waals surface area contributed by atoms with Crippen molar-refractivity contribution in [1.29, 1.82) is 0 Å². The molecule has 10 nitrogen and oxygen atoms in total. The Morgan fingerprint density at radius 3 is 2.70 bits per heavy atom. The zero-order valence-electron chi connectivity index (χ0n) is 22.7. The molecule has 0 bridgehead atoms. The molecule has 1 atom stereocenters. The fourth-order valence-corrected chi connectivity index (χ4v) is 4.89. The quantitative estimate of drug-likeness (QED) is 0.544. The van der Waals surface area contributed by atoms with Crippen molar-refractivity contribution in [2.75, 3.05) is 30.5 Å². The number of anilines is 2. The molecule has 0 saturated carbocycles. The first-order chi connectivity index (χ1) is 17.6. The van der Waals surface area contributed by atoms with E-state index < -0.39 is 0 Å². The normalized spacial score (nSPS) is 17.4. The van der Waals surface area contributed by atoms with Crippen LogP contribution in [0.2, 0.25) is 0 Å². The first-order valence-corrected chi connectivity index (χ1v) is 12.8. The number of nitrogens with one attached hydrogen (secondary N) is 1. The molecule has 0 spiro atoms. The molecule has 196 valence electrons. The highest BCUT2D eigenvalue weighted by molar-refractivity contribution is 6.10. The van der Waals surface area contributed by atoms with E-state index >= 15 is 0 Å². The minimum atomic E-state index is -0.0675. The summed E-state index contributed by atoms with van der Waals surface area (Å²) in [6, 6.07) is 7.96. The summed E-state index contributed by atoms with van der Waals surface area (Å²) in [6.07, 6.45) is 0. The highest BCUT2D eigenvalue weighted by Crippen LogP contribution is 2.38. The predicted octanol–water partition coefficient (Wildman–Crippen LogP) is 3.58. The van der Waals surface area contributed by atoms with Crippen LogP contribution in [0.5, 0.6) is 0 Å². The van der Waals surface area contributed by atoms with Gasteiger partial charge in [-0.05, 0) is 44.5 Å². The summed E-state index contributed by atoms with van der Waals surface area (Å²) in [5, 5.41) is 12.1. The SMILES string of the molecule is CNCc1nc(N(C)C(C)C)cc2c1CN(c1cccc(-c3nnc4n3[C@@H](C(C)(C)C)COC4)n1)C2=O. The van der Waals surface area contributed by atoms with Gasteiger partial charge in [-0.3, -0.25) is 9.69 Å². The lowest BCUT2D eigenvalue weighted by atomic mass is 9.86. The average molecular weight is 505 g/mol. The van der Waals surface area contributed by atoms with E-state index in [1.54, 1.807) is 4.90 Å². The molecule has 37 heavy (non-hydrogen) atoms. The Balaban J connectivity index is 1.52. The van der Waals surface area contributed by atoms with Gasteiger partial charge in [0.2, 0.25) is 0 Å². The van der Waals surface area contributed by atoms with Crippen molar-refractivity contribution in [3.63, 3.8) is 0 Å². The predicted molar refractivity (Wildman–Crippen MR) is 142 cm³/mol. The molecule has 1 amide bonds. The standard InChI is InChI=1S/C27H36N8O2/c1-16(2)33(7)23-11-17-18(20(30-23)12-28-6)13-34(26(17)36)22-10-8-9-19(29-22)25-32-31-24-15-37-14-21(35(24)25)27(3,4)5/h8-11,16,21,28H,12-15H2,1-7H3/t21-/m1/s1. The zero-order chi connectivity index (χ0) is 26.5. The molecule has 3 aromatic heterocycles. The molecular weight excluding hydrogens is 468 g/mol. The van der Waals surface area contributed by atoms with Crippen molar-refractivity contribution in [1.82, 2.24) is 30.0 Å². The number of ether oxygens (including phenoxy) is 1. The molecule has 0 unspecified atom stereocenters. The van der Waals surface area contributed by atoms with Crippen molar-refractivity contribution >= 4 is 17.5 Å². The lowest BCUT2D eigenvalue weighted by molar-refractivity contribution is 0.0171. The van der Waals surface area contributed by atoms with Crippen molar-refractivity contribution in [2.45, 2.75) is 66.4 Å². The van der Waals surface area contributed by atoms with Gasteiger partial charge in [0.05, 0.1) is 30.5 Å². The van der Waals surface area contributed by atoms with Crippen LogP contribution in [0.15, 0.2) is 24.3 Å². The van der Waals surface area contributed by atoms with Crippen molar-refractivity contribution in [3.8, 4) is 11.5 Å². The molecule has 0 fully saturated rings. The number of carbonyl (C=O) groups excluding carboxylic acids is 1. The van der Waals surface area contributed by atoms with E-state index in [0.717, 1.165) is 22.9 Å². The number of carbonyl (C=O) groups is 1. The molecule has 2 aliphatic rings.